The minimum atomic E-state index is -3.57. The Bertz CT molecular complexity index is 527. The fraction of sp³-hybridized carbons (Fsp3) is 0.364. The maximum atomic E-state index is 11.7. The van der Waals surface area contributed by atoms with Gasteiger partial charge in [-0.1, -0.05) is 0 Å². The first-order valence-corrected chi connectivity index (χ1v) is 7.43. The van der Waals surface area contributed by atoms with Gasteiger partial charge in [0.05, 0.1) is 18.6 Å². The number of carbonyl (C=O) groups is 1. The first-order valence-electron chi connectivity index (χ1n) is 5.58. The highest BCUT2D eigenvalue weighted by atomic mass is 32.2. The van der Waals surface area contributed by atoms with Crippen LogP contribution in [0.1, 0.15) is 6.92 Å². The zero-order valence-corrected chi connectivity index (χ0v) is 11.6. The number of sulfonamides is 1. The van der Waals surface area contributed by atoms with Gasteiger partial charge in [-0.2, -0.15) is 0 Å². The highest BCUT2D eigenvalue weighted by molar-refractivity contribution is 7.92. The topological polar surface area (TPSA) is 102 Å². The van der Waals surface area contributed by atoms with Crippen molar-refractivity contribution in [2.75, 3.05) is 23.7 Å². The Balaban J connectivity index is 3.01. The molecule has 1 aromatic rings. The van der Waals surface area contributed by atoms with Gasteiger partial charge in [0.1, 0.15) is 12.3 Å². The SMILES string of the molecule is CCOc1ccc(N(CC(=O)NN)S(C)(=O)=O)cc1. The lowest BCUT2D eigenvalue weighted by Gasteiger charge is -2.21. The highest BCUT2D eigenvalue weighted by Crippen LogP contribution is 2.21. The molecule has 106 valence electrons. The molecule has 1 amide bonds. The number of hydrazine groups is 1. The summed E-state index contributed by atoms with van der Waals surface area (Å²) in [5.41, 5.74) is 2.27. The number of benzene rings is 1. The highest BCUT2D eigenvalue weighted by Gasteiger charge is 2.20. The van der Waals surface area contributed by atoms with Gasteiger partial charge in [0.15, 0.2) is 0 Å². The maximum absolute atomic E-state index is 11.7. The summed E-state index contributed by atoms with van der Waals surface area (Å²) in [4.78, 5) is 11.2. The summed E-state index contributed by atoms with van der Waals surface area (Å²) in [6, 6.07) is 6.40. The van der Waals surface area contributed by atoms with Crippen LogP contribution in [0.15, 0.2) is 24.3 Å². The third-order valence-corrected chi connectivity index (χ3v) is 3.42. The first-order chi connectivity index (χ1) is 8.88. The molecule has 0 spiro atoms. The number of anilines is 1. The fourth-order valence-electron chi connectivity index (χ4n) is 1.45. The largest absolute Gasteiger partial charge is 0.494 e. The number of ether oxygens (including phenoxy) is 1. The Labute approximate surface area is 112 Å². The van der Waals surface area contributed by atoms with E-state index in [2.05, 4.69) is 0 Å². The third-order valence-electron chi connectivity index (χ3n) is 2.28. The van der Waals surface area contributed by atoms with Crippen molar-refractivity contribution in [3.8, 4) is 5.75 Å². The van der Waals surface area contributed by atoms with Crippen LogP contribution in [0, 0.1) is 0 Å². The molecule has 8 heteroatoms. The molecular formula is C11H17N3O4S. The lowest BCUT2D eigenvalue weighted by Crippen LogP contribution is -2.42. The second-order valence-electron chi connectivity index (χ2n) is 3.76. The summed E-state index contributed by atoms with van der Waals surface area (Å²) >= 11 is 0. The number of hydrogen-bond donors (Lipinski definition) is 2. The van der Waals surface area contributed by atoms with Crippen molar-refractivity contribution >= 4 is 21.6 Å². The Morgan fingerprint density at radius 1 is 1.37 bits per heavy atom. The molecule has 0 aliphatic carbocycles. The van der Waals surface area contributed by atoms with Crippen molar-refractivity contribution in [2.45, 2.75) is 6.92 Å². The predicted octanol–water partition coefficient (Wildman–Crippen LogP) is -0.159. The second-order valence-corrected chi connectivity index (χ2v) is 5.67. The lowest BCUT2D eigenvalue weighted by molar-refractivity contribution is -0.119. The standard InChI is InChI=1S/C11H17N3O4S/c1-3-18-10-6-4-9(5-7-10)14(19(2,16)17)8-11(15)13-12/h4-7H,3,8,12H2,1-2H3,(H,13,15). The molecule has 1 aromatic carbocycles. The molecule has 0 heterocycles. The second kappa shape index (κ2) is 6.39. The van der Waals surface area contributed by atoms with E-state index < -0.39 is 15.9 Å². The van der Waals surface area contributed by atoms with Crippen molar-refractivity contribution in [3.05, 3.63) is 24.3 Å². The molecule has 0 fully saturated rings. The normalized spacial score (nSPS) is 10.9. The summed E-state index contributed by atoms with van der Waals surface area (Å²) in [5, 5.41) is 0. The zero-order chi connectivity index (χ0) is 14.5. The van der Waals surface area contributed by atoms with Gasteiger partial charge in [0, 0.05) is 0 Å². The van der Waals surface area contributed by atoms with E-state index in [1.54, 1.807) is 24.3 Å². The molecule has 0 saturated carbocycles. The summed E-state index contributed by atoms with van der Waals surface area (Å²) < 4.78 is 29.6. The molecular weight excluding hydrogens is 270 g/mol. The number of nitrogens with one attached hydrogen (secondary N) is 1. The molecule has 0 radical (unpaired) electrons. The van der Waals surface area contributed by atoms with E-state index in [1.807, 2.05) is 12.3 Å². The molecule has 0 bridgehead atoms. The monoisotopic (exact) mass is 287 g/mol. The van der Waals surface area contributed by atoms with Gasteiger partial charge in [0.2, 0.25) is 10.0 Å². The van der Waals surface area contributed by atoms with Crippen LogP contribution in [-0.4, -0.2) is 33.7 Å². The van der Waals surface area contributed by atoms with E-state index in [-0.39, 0.29) is 6.54 Å². The minimum Gasteiger partial charge on any atom is -0.494 e. The number of carbonyl (C=O) groups excluding carboxylic acids is 1. The first kappa shape index (κ1) is 15.3. The fourth-order valence-corrected chi connectivity index (χ4v) is 2.31. The molecule has 1 rings (SSSR count). The average molecular weight is 287 g/mol. The van der Waals surface area contributed by atoms with Crippen LogP contribution in [-0.2, 0) is 14.8 Å². The van der Waals surface area contributed by atoms with Crippen molar-refractivity contribution in [1.29, 1.82) is 0 Å². The third kappa shape index (κ3) is 4.42. The minimum absolute atomic E-state index is 0.370. The molecule has 0 aliphatic heterocycles. The van der Waals surface area contributed by atoms with Crippen LogP contribution in [0.25, 0.3) is 0 Å². The Morgan fingerprint density at radius 3 is 2.37 bits per heavy atom. The van der Waals surface area contributed by atoms with E-state index in [1.165, 1.54) is 0 Å². The molecule has 19 heavy (non-hydrogen) atoms. The van der Waals surface area contributed by atoms with Crippen molar-refractivity contribution < 1.29 is 17.9 Å². The lowest BCUT2D eigenvalue weighted by atomic mass is 10.3. The van der Waals surface area contributed by atoms with Crippen molar-refractivity contribution in [1.82, 2.24) is 5.43 Å². The van der Waals surface area contributed by atoms with Crippen LogP contribution in [0.4, 0.5) is 5.69 Å². The van der Waals surface area contributed by atoms with Gasteiger partial charge >= 0.3 is 0 Å². The Hall–Kier alpha value is -1.80. The summed E-state index contributed by atoms with van der Waals surface area (Å²) in [6.07, 6.45) is 1.02. The van der Waals surface area contributed by atoms with E-state index in [0.717, 1.165) is 10.6 Å². The van der Waals surface area contributed by atoms with Crippen LogP contribution in [0.2, 0.25) is 0 Å². The van der Waals surface area contributed by atoms with Crippen molar-refractivity contribution in [3.63, 3.8) is 0 Å². The number of nitrogens with zero attached hydrogens (tertiary/aromatic N) is 1. The van der Waals surface area contributed by atoms with Gasteiger partial charge in [-0.05, 0) is 31.2 Å². The van der Waals surface area contributed by atoms with Gasteiger partial charge in [-0.25, -0.2) is 14.3 Å². The van der Waals surface area contributed by atoms with Gasteiger partial charge in [0.25, 0.3) is 5.91 Å². The Kier molecular flexibility index (Phi) is 5.13. The summed E-state index contributed by atoms with van der Waals surface area (Å²) in [5.74, 6) is 4.99. The smallest absolute Gasteiger partial charge is 0.254 e. The van der Waals surface area contributed by atoms with Gasteiger partial charge in [-0.3, -0.25) is 14.5 Å². The van der Waals surface area contributed by atoms with E-state index >= 15 is 0 Å². The van der Waals surface area contributed by atoms with Gasteiger partial charge < -0.3 is 4.74 Å². The molecule has 0 unspecified atom stereocenters. The maximum Gasteiger partial charge on any atom is 0.254 e. The van der Waals surface area contributed by atoms with Crippen LogP contribution in [0.3, 0.4) is 0 Å². The molecule has 0 aromatic heterocycles. The quantitative estimate of drug-likeness (QED) is 0.430. The molecule has 3 N–H and O–H groups in total. The number of rotatable bonds is 6. The molecule has 0 saturated heterocycles. The van der Waals surface area contributed by atoms with E-state index in [9.17, 15) is 13.2 Å². The van der Waals surface area contributed by atoms with Crippen LogP contribution >= 0.6 is 0 Å². The summed E-state index contributed by atoms with van der Waals surface area (Å²) in [7, 11) is -3.57. The van der Waals surface area contributed by atoms with Gasteiger partial charge in [-0.15, -0.1) is 0 Å². The van der Waals surface area contributed by atoms with E-state index in [0.29, 0.717) is 18.0 Å². The van der Waals surface area contributed by atoms with E-state index in [4.69, 9.17) is 10.6 Å². The predicted molar refractivity (Wildman–Crippen MR) is 72.1 cm³/mol. The summed E-state index contributed by atoms with van der Waals surface area (Å²) in [6.45, 7) is 2.00. The number of nitrogens with two attached hydrogens (primary N) is 1. The van der Waals surface area contributed by atoms with Crippen molar-refractivity contribution in [2.24, 2.45) is 5.84 Å². The number of amides is 1. The Morgan fingerprint density at radius 2 is 1.95 bits per heavy atom. The molecule has 0 atom stereocenters. The molecule has 0 aliphatic rings. The zero-order valence-electron chi connectivity index (χ0n) is 10.8. The molecule has 7 nitrogen and oxygen atoms in total. The number of hydrogen-bond acceptors (Lipinski definition) is 5. The van der Waals surface area contributed by atoms with Crippen LogP contribution < -0.4 is 20.3 Å². The van der Waals surface area contributed by atoms with Crippen LogP contribution in [0.5, 0.6) is 5.75 Å². The average Bonchev–Trinajstić information content (AvgIpc) is 2.36.